The number of fused-ring (bicyclic) bond motifs is 2. The Bertz CT molecular complexity index is 882. The number of carbonyl (C=O) groups excluding carboxylic acids is 2. The van der Waals surface area contributed by atoms with Gasteiger partial charge < -0.3 is 14.7 Å². The largest absolute Gasteiger partial charge is 0.508 e. The molecule has 0 saturated carbocycles. The van der Waals surface area contributed by atoms with Crippen LogP contribution in [0.4, 0.5) is 5.69 Å². The topological polar surface area (TPSA) is 66.8 Å². The Morgan fingerprint density at radius 3 is 2.64 bits per heavy atom. The molecule has 2 heterocycles. The van der Waals surface area contributed by atoms with Crippen LogP contribution in [0.5, 0.6) is 11.5 Å². The fourth-order valence-electron chi connectivity index (χ4n) is 2.82. The zero-order valence-electron chi connectivity index (χ0n) is 11.7. The Kier molecular flexibility index (Phi) is 2.42. The summed E-state index contributed by atoms with van der Waals surface area (Å²) in [5, 5.41) is 9.50. The minimum atomic E-state index is -0.344. The van der Waals surface area contributed by atoms with E-state index in [9.17, 15) is 14.7 Å². The van der Waals surface area contributed by atoms with Crippen molar-refractivity contribution in [2.75, 3.05) is 11.9 Å². The lowest BCUT2D eigenvalue weighted by Crippen LogP contribution is -2.22. The molecule has 5 heteroatoms. The number of ketones is 1. The van der Waals surface area contributed by atoms with Gasteiger partial charge in [0.1, 0.15) is 11.5 Å². The summed E-state index contributed by atoms with van der Waals surface area (Å²) in [5.41, 5.74) is 2.03. The third kappa shape index (κ3) is 1.53. The lowest BCUT2D eigenvalue weighted by atomic mass is 10.0. The first-order chi connectivity index (χ1) is 10.6. The van der Waals surface area contributed by atoms with Crippen LogP contribution in [0.2, 0.25) is 0 Å². The van der Waals surface area contributed by atoms with Gasteiger partial charge in [-0.3, -0.25) is 9.59 Å². The van der Waals surface area contributed by atoms with Crippen molar-refractivity contribution in [2.45, 2.75) is 0 Å². The normalized spacial score (nSPS) is 19.2. The third-order valence-electron chi connectivity index (χ3n) is 3.91. The number of rotatable bonds is 0. The van der Waals surface area contributed by atoms with E-state index in [1.807, 2.05) is 18.2 Å². The van der Waals surface area contributed by atoms with Crippen molar-refractivity contribution in [3.63, 3.8) is 0 Å². The number of Topliss-reactive ketones (excluding diaryl/α,β-unsaturated/α-hetero) is 1. The molecule has 0 bridgehead atoms. The fraction of sp³-hybridized carbons (Fsp3) is 0.0588. The van der Waals surface area contributed by atoms with E-state index in [1.54, 1.807) is 13.1 Å². The number of hydrogen-bond acceptors (Lipinski definition) is 4. The zero-order chi connectivity index (χ0) is 15.4. The molecule has 2 aromatic rings. The highest BCUT2D eigenvalue weighted by Gasteiger charge is 2.39. The van der Waals surface area contributed by atoms with Crippen LogP contribution in [-0.2, 0) is 4.79 Å². The zero-order valence-corrected chi connectivity index (χ0v) is 11.7. The number of likely N-dealkylation sites (N-methyl/N-ethyl adjacent to an activating group) is 1. The summed E-state index contributed by atoms with van der Waals surface area (Å²) < 4.78 is 5.58. The summed E-state index contributed by atoms with van der Waals surface area (Å²) in [5.74, 6) is -0.326. The number of allylic oxidation sites excluding steroid dienone is 1. The number of nitrogens with zero attached hydrogens (tertiary/aromatic N) is 1. The van der Waals surface area contributed by atoms with E-state index in [2.05, 4.69) is 0 Å². The van der Waals surface area contributed by atoms with Gasteiger partial charge in [0.15, 0.2) is 5.76 Å². The van der Waals surface area contributed by atoms with Gasteiger partial charge >= 0.3 is 0 Å². The van der Waals surface area contributed by atoms with Gasteiger partial charge in [0.2, 0.25) is 5.78 Å². The molecule has 22 heavy (non-hydrogen) atoms. The number of phenolic OH excluding ortho intramolecular Hbond substituents is 1. The number of amides is 1. The predicted octanol–water partition coefficient (Wildman–Crippen LogP) is 2.36. The van der Waals surface area contributed by atoms with E-state index in [0.29, 0.717) is 11.1 Å². The molecule has 0 atom stereocenters. The minimum Gasteiger partial charge on any atom is -0.508 e. The van der Waals surface area contributed by atoms with Crippen LogP contribution in [-0.4, -0.2) is 23.8 Å². The number of phenols is 1. The molecule has 4 rings (SSSR count). The van der Waals surface area contributed by atoms with Gasteiger partial charge in [-0.05, 0) is 18.2 Å². The van der Waals surface area contributed by atoms with Crippen molar-refractivity contribution in [3.05, 3.63) is 59.4 Å². The van der Waals surface area contributed by atoms with Crippen molar-refractivity contribution in [2.24, 2.45) is 0 Å². The van der Waals surface area contributed by atoms with E-state index >= 15 is 0 Å². The Labute approximate surface area is 126 Å². The summed E-state index contributed by atoms with van der Waals surface area (Å²) in [7, 11) is 1.66. The van der Waals surface area contributed by atoms with Gasteiger partial charge in [0.25, 0.3) is 5.91 Å². The highest BCUT2D eigenvalue weighted by atomic mass is 16.5. The van der Waals surface area contributed by atoms with E-state index in [-0.39, 0.29) is 34.5 Å². The van der Waals surface area contributed by atoms with E-state index in [0.717, 1.165) is 5.69 Å². The van der Waals surface area contributed by atoms with Crippen molar-refractivity contribution in [1.82, 2.24) is 0 Å². The van der Waals surface area contributed by atoms with Crippen LogP contribution in [0, 0.1) is 0 Å². The maximum absolute atomic E-state index is 12.5. The van der Waals surface area contributed by atoms with Gasteiger partial charge in [-0.15, -0.1) is 0 Å². The van der Waals surface area contributed by atoms with Gasteiger partial charge in [-0.1, -0.05) is 18.2 Å². The second-order valence-corrected chi connectivity index (χ2v) is 5.20. The SMILES string of the molecule is CN1C(=O)/C(=C2/Oc3cc(O)ccc3C2=O)c2ccccc21. The van der Waals surface area contributed by atoms with Crippen molar-refractivity contribution < 1.29 is 19.4 Å². The molecule has 2 aliphatic rings. The van der Waals surface area contributed by atoms with Gasteiger partial charge in [-0.25, -0.2) is 0 Å². The number of anilines is 1. The number of ether oxygens (including phenoxy) is 1. The number of para-hydroxylation sites is 1. The molecule has 2 aliphatic heterocycles. The number of hydrogen-bond donors (Lipinski definition) is 1. The van der Waals surface area contributed by atoms with Crippen LogP contribution in [0.3, 0.4) is 0 Å². The first-order valence-electron chi connectivity index (χ1n) is 6.75. The number of carbonyl (C=O) groups is 2. The maximum Gasteiger partial charge on any atom is 0.262 e. The molecule has 108 valence electrons. The van der Waals surface area contributed by atoms with Gasteiger partial charge in [-0.2, -0.15) is 0 Å². The molecule has 0 aromatic heterocycles. The highest BCUT2D eigenvalue weighted by molar-refractivity contribution is 6.37. The molecule has 0 fully saturated rings. The molecule has 0 spiro atoms. The molecule has 1 N–H and O–H groups in total. The molecule has 0 saturated heterocycles. The van der Waals surface area contributed by atoms with E-state index in [4.69, 9.17) is 4.74 Å². The molecule has 0 unspecified atom stereocenters. The lowest BCUT2D eigenvalue weighted by Gasteiger charge is -2.08. The van der Waals surface area contributed by atoms with Crippen LogP contribution in [0.25, 0.3) is 5.57 Å². The second-order valence-electron chi connectivity index (χ2n) is 5.20. The Morgan fingerprint density at radius 2 is 1.82 bits per heavy atom. The molecule has 1 amide bonds. The summed E-state index contributed by atoms with van der Waals surface area (Å²) in [6.45, 7) is 0. The second kappa shape index (κ2) is 4.21. The fourth-order valence-corrected chi connectivity index (χ4v) is 2.82. The Morgan fingerprint density at radius 1 is 1.05 bits per heavy atom. The van der Waals surface area contributed by atoms with Crippen LogP contribution < -0.4 is 9.64 Å². The minimum absolute atomic E-state index is 0.00747. The Balaban J connectivity index is 1.94. The molecule has 0 radical (unpaired) electrons. The predicted molar refractivity (Wildman–Crippen MR) is 79.8 cm³/mol. The first-order valence-corrected chi connectivity index (χ1v) is 6.75. The molecule has 2 aromatic carbocycles. The number of aromatic hydroxyl groups is 1. The van der Waals surface area contributed by atoms with Gasteiger partial charge in [0, 0.05) is 18.7 Å². The summed E-state index contributed by atoms with van der Waals surface area (Å²) in [6.07, 6.45) is 0. The summed E-state index contributed by atoms with van der Waals surface area (Å²) in [4.78, 5) is 26.5. The summed E-state index contributed by atoms with van der Waals surface area (Å²) in [6, 6.07) is 11.5. The smallest absolute Gasteiger partial charge is 0.262 e. The van der Waals surface area contributed by atoms with E-state index < -0.39 is 0 Å². The molecule has 5 nitrogen and oxygen atoms in total. The van der Waals surface area contributed by atoms with Crippen LogP contribution in [0.15, 0.2) is 48.2 Å². The molecular weight excluding hydrogens is 282 g/mol. The third-order valence-corrected chi connectivity index (χ3v) is 3.91. The molecular formula is C17H11NO4. The van der Waals surface area contributed by atoms with Gasteiger partial charge in [0.05, 0.1) is 16.8 Å². The molecule has 0 aliphatic carbocycles. The van der Waals surface area contributed by atoms with Crippen molar-refractivity contribution in [1.29, 1.82) is 0 Å². The average molecular weight is 293 g/mol. The van der Waals surface area contributed by atoms with Crippen molar-refractivity contribution in [3.8, 4) is 11.5 Å². The standard InChI is InChI=1S/C17H11NO4/c1-18-12-5-3-2-4-10(12)14(17(18)21)16-15(20)11-7-6-9(19)8-13(11)22-16/h2-8,19H,1H3/b16-14+. The van der Waals surface area contributed by atoms with Crippen molar-refractivity contribution >= 4 is 23.0 Å². The van der Waals surface area contributed by atoms with Crippen LogP contribution in [0.1, 0.15) is 15.9 Å². The quantitative estimate of drug-likeness (QED) is 0.757. The monoisotopic (exact) mass is 293 g/mol. The Hall–Kier alpha value is -3.08. The first kappa shape index (κ1) is 12.6. The number of benzene rings is 2. The lowest BCUT2D eigenvalue weighted by molar-refractivity contribution is -0.112. The highest BCUT2D eigenvalue weighted by Crippen LogP contribution is 2.42. The summed E-state index contributed by atoms with van der Waals surface area (Å²) >= 11 is 0. The maximum atomic E-state index is 12.5. The average Bonchev–Trinajstić information content (AvgIpc) is 2.95. The van der Waals surface area contributed by atoms with E-state index in [1.165, 1.54) is 23.1 Å². The van der Waals surface area contributed by atoms with Crippen LogP contribution >= 0.6 is 0 Å².